The number of carbonyl (C=O) groups is 1. The number of hydrogen-bond donors (Lipinski definition) is 0. The highest BCUT2D eigenvalue weighted by atomic mass is 16.1. The van der Waals surface area contributed by atoms with Crippen molar-refractivity contribution in [3.8, 4) is 12.3 Å². The topological polar surface area (TPSA) is 17.1 Å². The highest BCUT2D eigenvalue weighted by Gasteiger charge is 2.20. The van der Waals surface area contributed by atoms with Gasteiger partial charge in [-0.2, -0.15) is 0 Å². The third-order valence-electron chi connectivity index (χ3n) is 1.98. The molecule has 68 valence electrons. The second kappa shape index (κ2) is 4.27. The Morgan fingerprint density at radius 2 is 2.08 bits per heavy atom. The minimum Gasteiger partial charge on any atom is -0.318 e. The van der Waals surface area contributed by atoms with E-state index in [1.54, 1.807) is 6.92 Å². The molecule has 2 nitrogen and oxygen atoms in total. The van der Waals surface area contributed by atoms with Gasteiger partial charge in [0, 0.05) is 0 Å². The Kier molecular flexibility index (Phi) is 3.99. The first-order valence-corrected chi connectivity index (χ1v) is 4.15. The Hall–Kier alpha value is -0.810. The molecule has 0 aromatic heterocycles. The van der Waals surface area contributed by atoms with Crippen LogP contribution in [-0.2, 0) is 4.79 Å². The van der Waals surface area contributed by atoms with E-state index in [-0.39, 0.29) is 11.7 Å². The lowest BCUT2D eigenvalue weighted by atomic mass is 10.1. The summed E-state index contributed by atoms with van der Waals surface area (Å²) in [5.74, 6) is 2.95. The molecule has 0 aliphatic carbocycles. The molecule has 0 aromatic rings. The molecule has 0 rings (SSSR count). The van der Waals surface area contributed by atoms with Crippen LogP contribution < -0.4 is 0 Å². The summed E-state index contributed by atoms with van der Waals surface area (Å²) in [6, 6.07) is 0. The maximum atomic E-state index is 11.0. The third-order valence-corrected chi connectivity index (χ3v) is 1.98. The molecule has 0 spiro atoms. The maximum Gasteiger partial charge on any atom is 0.140 e. The smallest absolute Gasteiger partial charge is 0.140 e. The Labute approximate surface area is 75.2 Å². The van der Waals surface area contributed by atoms with Gasteiger partial charge < -0.3 is 4.48 Å². The van der Waals surface area contributed by atoms with Crippen molar-refractivity contribution in [1.82, 2.24) is 0 Å². The summed E-state index contributed by atoms with van der Waals surface area (Å²) in [7, 11) is 4.08. The van der Waals surface area contributed by atoms with Crippen molar-refractivity contribution in [2.24, 2.45) is 5.92 Å². The van der Waals surface area contributed by atoms with Gasteiger partial charge in [-0.1, -0.05) is 6.92 Å². The number of nitrogens with zero attached hydrogens (tertiary/aromatic N) is 1. The summed E-state index contributed by atoms with van der Waals surface area (Å²) in [5, 5.41) is 0. The molecule has 0 heterocycles. The second-order valence-electron chi connectivity index (χ2n) is 3.99. The fraction of sp³-hybridized carbons (Fsp3) is 0.700. The zero-order valence-electron chi connectivity index (χ0n) is 8.42. The Balaban J connectivity index is 4.07. The van der Waals surface area contributed by atoms with Crippen LogP contribution in [0, 0.1) is 18.3 Å². The van der Waals surface area contributed by atoms with E-state index in [0.717, 1.165) is 11.0 Å². The standard InChI is InChI=1S/C10H18NO/c1-6-7-11(4,5)8-9(2)10(3)12/h1,9H,7-8H2,2-5H3/q+1/t9-/m1/s1. The van der Waals surface area contributed by atoms with Crippen LogP contribution in [0.25, 0.3) is 0 Å². The van der Waals surface area contributed by atoms with E-state index >= 15 is 0 Å². The first kappa shape index (κ1) is 11.2. The van der Waals surface area contributed by atoms with Crippen LogP contribution in [0.5, 0.6) is 0 Å². The van der Waals surface area contributed by atoms with E-state index in [0.29, 0.717) is 6.54 Å². The summed E-state index contributed by atoms with van der Waals surface area (Å²) < 4.78 is 0.719. The zero-order chi connectivity index (χ0) is 9.78. The monoisotopic (exact) mass is 168 g/mol. The highest BCUT2D eigenvalue weighted by Crippen LogP contribution is 2.05. The minimum atomic E-state index is 0.105. The molecule has 0 bridgehead atoms. The van der Waals surface area contributed by atoms with Gasteiger partial charge in [0.05, 0.1) is 26.6 Å². The molecule has 1 atom stereocenters. The molecule has 0 unspecified atom stereocenters. The van der Waals surface area contributed by atoms with E-state index in [1.807, 2.05) is 21.0 Å². The number of quaternary nitrogens is 1. The summed E-state index contributed by atoms with van der Waals surface area (Å²) in [6.45, 7) is 5.07. The summed E-state index contributed by atoms with van der Waals surface area (Å²) in [5.41, 5.74) is 0. The molecular formula is C10H18NO+. The van der Waals surface area contributed by atoms with E-state index in [4.69, 9.17) is 6.42 Å². The fourth-order valence-corrected chi connectivity index (χ4v) is 1.18. The average molecular weight is 168 g/mol. The van der Waals surface area contributed by atoms with Gasteiger partial charge in [-0.05, 0) is 12.8 Å². The lowest BCUT2D eigenvalue weighted by Gasteiger charge is -2.29. The van der Waals surface area contributed by atoms with Crippen LogP contribution in [0.2, 0.25) is 0 Å². The second-order valence-corrected chi connectivity index (χ2v) is 3.99. The van der Waals surface area contributed by atoms with Gasteiger partial charge in [-0.3, -0.25) is 4.79 Å². The predicted octanol–water partition coefficient (Wildman–Crippen LogP) is 0.921. The van der Waals surface area contributed by atoms with Crippen molar-refractivity contribution in [1.29, 1.82) is 0 Å². The molecule has 0 saturated heterocycles. The Bertz CT molecular complexity index is 200. The van der Waals surface area contributed by atoms with Crippen molar-refractivity contribution in [3.63, 3.8) is 0 Å². The van der Waals surface area contributed by atoms with Crippen molar-refractivity contribution in [2.45, 2.75) is 13.8 Å². The lowest BCUT2D eigenvalue weighted by Crippen LogP contribution is -2.44. The van der Waals surface area contributed by atoms with E-state index in [1.165, 1.54) is 0 Å². The van der Waals surface area contributed by atoms with Crippen molar-refractivity contribution in [3.05, 3.63) is 0 Å². The number of carbonyl (C=O) groups excluding carboxylic acids is 1. The molecule has 0 aliphatic heterocycles. The maximum absolute atomic E-state index is 11.0. The quantitative estimate of drug-likeness (QED) is 0.450. The van der Waals surface area contributed by atoms with Crippen LogP contribution in [0.3, 0.4) is 0 Å². The molecule has 0 amide bonds. The number of Topliss-reactive ketones (excluding diaryl/α,β-unsaturated/α-hetero) is 1. The molecular weight excluding hydrogens is 150 g/mol. The van der Waals surface area contributed by atoms with Crippen molar-refractivity contribution in [2.75, 3.05) is 27.2 Å². The molecule has 0 N–H and O–H groups in total. The first-order chi connectivity index (χ1) is 5.39. The largest absolute Gasteiger partial charge is 0.318 e. The Morgan fingerprint density at radius 3 is 2.42 bits per heavy atom. The van der Waals surface area contributed by atoms with Gasteiger partial charge in [-0.25, -0.2) is 0 Å². The molecule has 0 aromatic carbocycles. The molecule has 0 aliphatic rings. The summed E-state index contributed by atoms with van der Waals surface area (Å²) in [4.78, 5) is 11.0. The minimum absolute atomic E-state index is 0.105. The number of ketones is 1. The average Bonchev–Trinajstić information content (AvgIpc) is 1.85. The van der Waals surface area contributed by atoms with Gasteiger partial charge >= 0.3 is 0 Å². The van der Waals surface area contributed by atoms with Gasteiger partial charge in [0.25, 0.3) is 0 Å². The van der Waals surface area contributed by atoms with Crippen LogP contribution in [0.1, 0.15) is 13.8 Å². The van der Waals surface area contributed by atoms with Crippen LogP contribution in [0.15, 0.2) is 0 Å². The lowest BCUT2D eigenvalue weighted by molar-refractivity contribution is -0.885. The zero-order valence-corrected chi connectivity index (χ0v) is 8.42. The summed E-state index contributed by atoms with van der Waals surface area (Å²) in [6.07, 6.45) is 5.22. The van der Waals surface area contributed by atoms with Crippen LogP contribution >= 0.6 is 0 Å². The first-order valence-electron chi connectivity index (χ1n) is 4.15. The molecule has 0 radical (unpaired) electrons. The van der Waals surface area contributed by atoms with E-state index in [2.05, 4.69) is 5.92 Å². The molecule has 0 saturated carbocycles. The SMILES string of the molecule is C#CC[N+](C)(C)C[C@@H](C)C(C)=O. The van der Waals surface area contributed by atoms with Crippen molar-refractivity contribution < 1.29 is 9.28 Å². The van der Waals surface area contributed by atoms with Crippen LogP contribution in [0.4, 0.5) is 0 Å². The van der Waals surface area contributed by atoms with Gasteiger partial charge in [-0.15, -0.1) is 6.42 Å². The highest BCUT2D eigenvalue weighted by molar-refractivity contribution is 5.77. The van der Waals surface area contributed by atoms with Crippen molar-refractivity contribution >= 4 is 5.78 Å². The van der Waals surface area contributed by atoms with Gasteiger partial charge in [0.2, 0.25) is 0 Å². The summed E-state index contributed by atoms with van der Waals surface area (Å²) >= 11 is 0. The van der Waals surface area contributed by atoms with Gasteiger partial charge in [0.1, 0.15) is 12.3 Å². The molecule has 12 heavy (non-hydrogen) atoms. The number of rotatable bonds is 4. The number of terminal acetylenes is 1. The third kappa shape index (κ3) is 4.15. The molecule has 2 heteroatoms. The Morgan fingerprint density at radius 1 is 1.58 bits per heavy atom. The molecule has 0 fully saturated rings. The number of hydrogen-bond acceptors (Lipinski definition) is 1. The normalized spacial score (nSPS) is 13.6. The van der Waals surface area contributed by atoms with E-state index in [9.17, 15) is 4.79 Å². The fourth-order valence-electron chi connectivity index (χ4n) is 1.18. The van der Waals surface area contributed by atoms with Crippen LogP contribution in [-0.4, -0.2) is 37.5 Å². The van der Waals surface area contributed by atoms with Gasteiger partial charge in [0.15, 0.2) is 0 Å². The predicted molar refractivity (Wildman–Crippen MR) is 50.5 cm³/mol. The van der Waals surface area contributed by atoms with E-state index < -0.39 is 0 Å².